The number of hydrogen-bond acceptors (Lipinski definition) is 4. The number of benzene rings is 1. The van der Waals surface area contributed by atoms with Gasteiger partial charge in [0.1, 0.15) is 11.6 Å². The van der Waals surface area contributed by atoms with Crippen LogP contribution in [-0.2, 0) is 23.0 Å². The number of H-pyrrole nitrogens is 1. The van der Waals surface area contributed by atoms with Gasteiger partial charge >= 0.3 is 0 Å². The van der Waals surface area contributed by atoms with Crippen molar-refractivity contribution in [3.05, 3.63) is 36.0 Å². The fourth-order valence-electron chi connectivity index (χ4n) is 3.62. The molecule has 0 saturated heterocycles. The Morgan fingerprint density at radius 1 is 1.24 bits per heavy atom. The van der Waals surface area contributed by atoms with E-state index in [9.17, 15) is 8.42 Å². The third-order valence-corrected chi connectivity index (χ3v) is 6.58. The monoisotopic (exact) mass is 357 g/mol. The Balaban J connectivity index is 1.46. The molecule has 1 aliphatic carbocycles. The van der Waals surface area contributed by atoms with E-state index in [1.807, 2.05) is 12.1 Å². The number of sulfonamides is 1. The molecule has 1 saturated carbocycles. The highest BCUT2D eigenvalue weighted by Gasteiger charge is 2.26. The first-order valence-electron chi connectivity index (χ1n) is 8.67. The van der Waals surface area contributed by atoms with E-state index >= 15 is 0 Å². The van der Waals surface area contributed by atoms with E-state index in [-0.39, 0.29) is 5.03 Å². The van der Waals surface area contributed by atoms with Crippen molar-refractivity contribution >= 4 is 26.7 Å². The molecule has 2 N–H and O–H groups in total. The van der Waals surface area contributed by atoms with Gasteiger partial charge in [0, 0.05) is 18.9 Å². The molecule has 0 radical (unpaired) electrons. The van der Waals surface area contributed by atoms with Crippen molar-refractivity contribution < 1.29 is 8.42 Å². The zero-order chi connectivity index (χ0) is 17.0. The summed E-state index contributed by atoms with van der Waals surface area (Å²) in [4.78, 5) is 12.2. The van der Waals surface area contributed by atoms with Crippen LogP contribution in [0.1, 0.15) is 43.3 Å². The summed E-state index contributed by atoms with van der Waals surface area (Å²) in [6.07, 6.45) is 6.81. The van der Waals surface area contributed by atoms with Crippen LogP contribution in [0.2, 0.25) is 0 Å². The van der Waals surface area contributed by atoms with Gasteiger partial charge in [-0.15, -0.1) is 0 Å². The standard InChI is InChI=1S/C17H19N5O2S/c23-25(24,16-10-18-15-5-2-8-22(15)16)21-12-6-7-13-14(9-12)20-17(19-13)11-3-1-4-11/h6-7,9-11,21H,1-5,8H2,(H,19,20). The molecule has 2 aliphatic rings. The highest BCUT2D eigenvalue weighted by Crippen LogP contribution is 2.35. The number of nitrogens with zero attached hydrogens (tertiary/aromatic N) is 3. The molecule has 7 nitrogen and oxygen atoms in total. The van der Waals surface area contributed by atoms with Gasteiger partial charge in [0.2, 0.25) is 0 Å². The zero-order valence-corrected chi connectivity index (χ0v) is 14.5. The number of hydrogen-bond donors (Lipinski definition) is 2. The maximum Gasteiger partial charge on any atom is 0.279 e. The van der Waals surface area contributed by atoms with E-state index in [0.717, 1.165) is 35.5 Å². The molecule has 1 aliphatic heterocycles. The first-order valence-corrected chi connectivity index (χ1v) is 10.2. The first-order chi connectivity index (χ1) is 12.1. The summed E-state index contributed by atoms with van der Waals surface area (Å²) in [5, 5.41) is 0.236. The number of fused-ring (bicyclic) bond motifs is 2. The third-order valence-electron chi connectivity index (χ3n) is 5.20. The Labute approximate surface area is 145 Å². The number of nitrogens with one attached hydrogen (secondary N) is 2. The summed E-state index contributed by atoms with van der Waals surface area (Å²) in [6, 6.07) is 5.42. The molecule has 0 amide bonds. The van der Waals surface area contributed by atoms with Gasteiger partial charge in [-0.1, -0.05) is 6.42 Å². The molecule has 0 spiro atoms. The molecular formula is C17H19N5O2S. The Hall–Kier alpha value is -2.35. The summed E-state index contributed by atoms with van der Waals surface area (Å²) in [5.41, 5.74) is 2.26. The lowest BCUT2D eigenvalue weighted by Crippen LogP contribution is -2.16. The number of rotatable bonds is 4. The fraction of sp³-hybridized carbons (Fsp3) is 0.412. The molecular weight excluding hydrogens is 338 g/mol. The number of aromatic nitrogens is 4. The smallest absolute Gasteiger partial charge is 0.279 e. The van der Waals surface area contributed by atoms with Crippen LogP contribution in [0.4, 0.5) is 5.69 Å². The van der Waals surface area contributed by atoms with Crippen LogP contribution < -0.4 is 4.72 Å². The van der Waals surface area contributed by atoms with Crippen LogP contribution in [0.15, 0.2) is 29.4 Å². The molecule has 1 aromatic carbocycles. The predicted molar refractivity (Wildman–Crippen MR) is 94.0 cm³/mol. The van der Waals surface area contributed by atoms with E-state index in [0.29, 0.717) is 18.2 Å². The van der Waals surface area contributed by atoms with Crippen molar-refractivity contribution in [3.8, 4) is 0 Å². The minimum atomic E-state index is -3.65. The summed E-state index contributed by atoms with van der Waals surface area (Å²) in [5.74, 6) is 2.37. The van der Waals surface area contributed by atoms with Gasteiger partial charge in [-0.2, -0.15) is 8.42 Å². The van der Waals surface area contributed by atoms with Crippen LogP contribution in [-0.4, -0.2) is 27.9 Å². The van der Waals surface area contributed by atoms with E-state index < -0.39 is 10.0 Å². The van der Waals surface area contributed by atoms with Gasteiger partial charge in [-0.3, -0.25) is 4.72 Å². The molecule has 3 heterocycles. The summed E-state index contributed by atoms with van der Waals surface area (Å²) in [6.45, 7) is 0.704. The van der Waals surface area contributed by atoms with Crippen molar-refractivity contribution in [3.63, 3.8) is 0 Å². The second-order valence-corrected chi connectivity index (χ2v) is 8.48. The molecule has 1 fully saturated rings. The maximum atomic E-state index is 12.7. The largest absolute Gasteiger partial charge is 0.342 e. The van der Waals surface area contributed by atoms with Gasteiger partial charge in [-0.05, 0) is 37.5 Å². The summed E-state index contributed by atoms with van der Waals surface area (Å²) < 4.78 is 29.9. The van der Waals surface area contributed by atoms with Crippen LogP contribution in [0, 0.1) is 0 Å². The van der Waals surface area contributed by atoms with E-state index in [4.69, 9.17) is 0 Å². The lowest BCUT2D eigenvalue weighted by Gasteiger charge is -2.22. The molecule has 2 aromatic heterocycles. The highest BCUT2D eigenvalue weighted by molar-refractivity contribution is 7.92. The Kier molecular flexibility index (Phi) is 3.18. The van der Waals surface area contributed by atoms with Gasteiger partial charge in [0.15, 0.2) is 5.03 Å². The van der Waals surface area contributed by atoms with Crippen LogP contribution in [0.25, 0.3) is 11.0 Å². The number of anilines is 1. The molecule has 5 rings (SSSR count). The third kappa shape index (κ3) is 2.43. The molecule has 0 unspecified atom stereocenters. The molecule has 0 bridgehead atoms. The lowest BCUT2D eigenvalue weighted by molar-refractivity contribution is 0.405. The number of aryl methyl sites for hydroxylation is 1. The van der Waals surface area contributed by atoms with Crippen LogP contribution in [0.3, 0.4) is 0 Å². The van der Waals surface area contributed by atoms with E-state index in [1.165, 1.54) is 25.5 Å². The second kappa shape index (κ2) is 5.32. The van der Waals surface area contributed by atoms with E-state index in [1.54, 1.807) is 10.6 Å². The van der Waals surface area contributed by atoms with Gasteiger partial charge < -0.3 is 9.55 Å². The van der Waals surface area contributed by atoms with Gasteiger partial charge in [0.25, 0.3) is 10.0 Å². The Morgan fingerprint density at radius 2 is 2.12 bits per heavy atom. The minimum absolute atomic E-state index is 0.236. The van der Waals surface area contributed by atoms with Crippen molar-refractivity contribution in [2.75, 3.05) is 4.72 Å². The van der Waals surface area contributed by atoms with Gasteiger partial charge in [0.05, 0.1) is 22.9 Å². The highest BCUT2D eigenvalue weighted by atomic mass is 32.2. The number of imidazole rings is 2. The Morgan fingerprint density at radius 3 is 2.92 bits per heavy atom. The predicted octanol–water partition coefficient (Wildman–Crippen LogP) is 2.77. The fourth-order valence-corrected chi connectivity index (χ4v) is 4.84. The topological polar surface area (TPSA) is 92.7 Å². The second-order valence-electron chi connectivity index (χ2n) is 6.86. The minimum Gasteiger partial charge on any atom is -0.342 e. The number of aromatic amines is 1. The van der Waals surface area contributed by atoms with E-state index in [2.05, 4.69) is 19.7 Å². The molecule has 3 aromatic rings. The van der Waals surface area contributed by atoms with Crippen LogP contribution >= 0.6 is 0 Å². The first kappa shape index (κ1) is 14.9. The van der Waals surface area contributed by atoms with Gasteiger partial charge in [-0.25, -0.2) is 9.97 Å². The molecule has 25 heavy (non-hydrogen) atoms. The van der Waals surface area contributed by atoms with Crippen molar-refractivity contribution in [1.29, 1.82) is 0 Å². The van der Waals surface area contributed by atoms with Crippen molar-refractivity contribution in [1.82, 2.24) is 19.5 Å². The summed E-state index contributed by atoms with van der Waals surface area (Å²) >= 11 is 0. The average molecular weight is 357 g/mol. The zero-order valence-electron chi connectivity index (χ0n) is 13.7. The Bertz CT molecular complexity index is 1060. The van der Waals surface area contributed by atoms with Crippen LogP contribution in [0.5, 0.6) is 0 Å². The van der Waals surface area contributed by atoms with Crippen molar-refractivity contribution in [2.45, 2.75) is 49.6 Å². The molecule has 130 valence electrons. The SMILES string of the molecule is O=S(=O)(Nc1ccc2nc(C3CCC3)[nH]c2c1)c1cnc2n1CCC2. The molecule has 8 heteroatoms. The van der Waals surface area contributed by atoms with Crippen molar-refractivity contribution in [2.24, 2.45) is 0 Å². The molecule has 0 atom stereocenters. The summed E-state index contributed by atoms with van der Waals surface area (Å²) in [7, 11) is -3.65. The maximum absolute atomic E-state index is 12.7. The average Bonchev–Trinajstić information content (AvgIpc) is 3.17. The lowest BCUT2D eigenvalue weighted by atomic mass is 9.85. The quantitative estimate of drug-likeness (QED) is 0.751. The normalized spacial score (nSPS) is 17.6.